The van der Waals surface area contributed by atoms with E-state index in [0.29, 0.717) is 44.1 Å². The van der Waals surface area contributed by atoms with E-state index in [1.165, 1.54) is 0 Å². The monoisotopic (exact) mass is 354 g/mol. The van der Waals surface area contributed by atoms with Crippen LogP contribution in [0, 0.1) is 6.92 Å². The first-order valence-electron chi connectivity index (χ1n) is 8.73. The third-order valence-corrected chi connectivity index (χ3v) is 4.26. The summed E-state index contributed by atoms with van der Waals surface area (Å²) in [5.74, 6) is 2.52. The number of hydrogen-bond donors (Lipinski definition) is 2. The first-order valence-corrected chi connectivity index (χ1v) is 8.73. The molecule has 9 heteroatoms. The maximum Gasteiger partial charge on any atom is 0.242 e. The Morgan fingerprint density at radius 1 is 1.08 bits per heavy atom. The van der Waals surface area contributed by atoms with Crippen LogP contribution < -0.4 is 16.0 Å². The molecule has 1 fully saturated rings. The molecule has 1 saturated heterocycles. The van der Waals surface area contributed by atoms with Crippen LogP contribution in [-0.2, 0) is 4.74 Å². The fourth-order valence-corrected chi connectivity index (χ4v) is 3.02. The number of anilines is 2. The Bertz CT molecular complexity index is 903. The summed E-state index contributed by atoms with van der Waals surface area (Å²) >= 11 is 0. The number of fused-ring (bicyclic) bond motifs is 1. The van der Waals surface area contributed by atoms with Crippen LogP contribution in [0.2, 0.25) is 0 Å². The lowest BCUT2D eigenvalue weighted by atomic mass is 10.3. The van der Waals surface area contributed by atoms with E-state index in [-0.39, 0.29) is 0 Å². The number of morpholine rings is 1. The second-order valence-electron chi connectivity index (χ2n) is 6.06. The molecule has 1 aromatic carbocycles. The number of ether oxygens (including phenoxy) is 1. The van der Waals surface area contributed by atoms with Crippen LogP contribution in [0.15, 0.2) is 24.3 Å². The summed E-state index contributed by atoms with van der Waals surface area (Å²) < 4.78 is 7.39. The Labute approximate surface area is 151 Å². The van der Waals surface area contributed by atoms with Gasteiger partial charge in [-0.3, -0.25) is 4.57 Å². The molecule has 136 valence electrons. The molecule has 3 heterocycles. The molecular formula is C17H22N8O. The lowest BCUT2D eigenvalue weighted by molar-refractivity contribution is 0.122. The summed E-state index contributed by atoms with van der Waals surface area (Å²) in [5, 5.41) is 3.16. The van der Waals surface area contributed by atoms with Crippen molar-refractivity contribution in [3.05, 3.63) is 30.1 Å². The zero-order valence-electron chi connectivity index (χ0n) is 14.7. The van der Waals surface area contributed by atoms with E-state index >= 15 is 0 Å². The average molecular weight is 354 g/mol. The highest BCUT2D eigenvalue weighted by Crippen LogP contribution is 2.21. The molecule has 3 N–H and O–H groups in total. The summed E-state index contributed by atoms with van der Waals surface area (Å²) in [4.78, 5) is 20.6. The molecule has 0 spiro atoms. The molecule has 26 heavy (non-hydrogen) atoms. The van der Waals surface area contributed by atoms with E-state index in [2.05, 4.69) is 25.2 Å². The van der Waals surface area contributed by atoms with Crippen LogP contribution in [-0.4, -0.2) is 63.9 Å². The number of hydrogen-bond acceptors (Lipinski definition) is 8. The lowest BCUT2D eigenvalue weighted by Crippen LogP contribution is -2.37. The summed E-state index contributed by atoms with van der Waals surface area (Å²) in [6.45, 7) is 5.88. The Hall–Kier alpha value is -2.78. The van der Waals surface area contributed by atoms with Gasteiger partial charge in [0.25, 0.3) is 0 Å². The van der Waals surface area contributed by atoms with Gasteiger partial charge in [0.15, 0.2) is 0 Å². The summed E-state index contributed by atoms with van der Waals surface area (Å²) in [7, 11) is 0. The third kappa shape index (κ3) is 3.18. The van der Waals surface area contributed by atoms with Crippen molar-refractivity contribution < 1.29 is 4.74 Å². The summed E-state index contributed by atoms with van der Waals surface area (Å²) in [6, 6.07) is 7.95. The van der Waals surface area contributed by atoms with Crippen LogP contribution in [0.5, 0.6) is 0 Å². The molecule has 4 rings (SSSR count). The number of nitrogens with zero attached hydrogens (tertiary/aromatic N) is 6. The second kappa shape index (κ2) is 7.22. The van der Waals surface area contributed by atoms with Crippen molar-refractivity contribution in [2.75, 3.05) is 49.6 Å². The highest BCUT2D eigenvalue weighted by molar-refractivity contribution is 5.77. The van der Waals surface area contributed by atoms with Crippen LogP contribution in [0.25, 0.3) is 17.0 Å². The van der Waals surface area contributed by atoms with Gasteiger partial charge in [-0.05, 0) is 19.1 Å². The normalized spacial score (nSPS) is 14.8. The smallest absolute Gasteiger partial charge is 0.242 e. The lowest BCUT2D eigenvalue weighted by Gasteiger charge is -2.27. The van der Waals surface area contributed by atoms with Crippen molar-refractivity contribution in [3.8, 4) is 5.95 Å². The topological polar surface area (TPSA) is 107 Å². The molecule has 0 atom stereocenters. The van der Waals surface area contributed by atoms with Gasteiger partial charge in [0.2, 0.25) is 17.8 Å². The predicted octanol–water partition coefficient (Wildman–Crippen LogP) is 0.726. The zero-order chi connectivity index (χ0) is 17.9. The van der Waals surface area contributed by atoms with E-state index < -0.39 is 0 Å². The molecule has 2 aromatic heterocycles. The predicted molar refractivity (Wildman–Crippen MR) is 99.8 cm³/mol. The summed E-state index contributed by atoms with van der Waals surface area (Å²) in [6.07, 6.45) is 0. The molecule has 1 aliphatic heterocycles. The first-order chi connectivity index (χ1) is 12.8. The number of aryl methyl sites for hydroxylation is 1. The van der Waals surface area contributed by atoms with Crippen LogP contribution in [0.1, 0.15) is 5.82 Å². The van der Waals surface area contributed by atoms with E-state index in [1.54, 1.807) is 0 Å². The van der Waals surface area contributed by atoms with Crippen molar-refractivity contribution >= 4 is 22.9 Å². The number of para-hydroxylation sites is 2. The Morgan fingerprint density at radius 3 is 2.65 bits per heavy atom. The van der Waals surface area contributed by atoms with Gasteiger partial charge in [-0.15, -0.1) is 0 Å². The van der Waals surface area contributed by atoms with Gasteiger partial charge in [0.05, 0.1) is 24.2 Å². The fraction of sp³-hybridized carbons (Fsp3) is 0.412. The summed E-state index contributed by atoms with van der Waals surface area (Å²) in [5.41, 5.74) is 7.49. The fourth-order valence-electron chi connectivity index (χ4n) is 3.02. The maximum absolute atomic E-state index is 5.61. The molecule has 0 amide bonds. The van der Waals surface area contributed by atoms with Gasteiger partial charge < -0.3 is 20.7 Å². The highest BCUT2D eigenvalue weighted by atomic mass is 16.5. The molecule has 0 bridgehead atoms. The minimum absolute atomic E-state index is 0.501. The van der Waals surface area contributed by atoms with E-state index in [9.17, 15) is 0 Å². The number of nitrogens with one attached hydrogen (secondary N) is 1. The average Bonchev–Trinajstić information content (AvgIpc) is 3.02. The molecule has 9 nitrogen and oxygen atoms in total. The second-order valence-corrected chi connectivity index (χ2v) is 6.06. The van der Waals surface area contributed by atoms with Gasteiger partial charge in [-0.2, -0.15) is 15.0 Å². The zero-order valence-corrected chi connectivity index (χ0v) is 14.7. The number of benzene rings is 1. The van der Waals surface area contributed by atoms with Crippen LogP contribution in [0.4, 0.5) is 11.9 Å². The van der Waals surface area contributed by atoms with Gasteiger partial charge in [-0.25, -0.2) is 4.98 Å². The highest BCUT2D eigenvalue weighted by Gasteiger charge is 2.19. The Kier molecular flexibility index (Phi) is 4.63. The van der Waals surface area contributed by atoms with Gasteiger partial charge in [0.1, 0.15) is 5.82 Å². The van der Waals surface area contributed by atoms with E-state index in [0.717, 1.165) is 29.9 Å². The number of rotatable bonds is 5. The standard InChI is InChI=1S/C17H22N8O/c1-12-20-13-4-2-3-5-14(13)25(12)17-22-15(19-7-6-18)21-16(23-17)24-8-10-26-11-9-24/h2-5H,6-11,18H2,1H3,(H,19,21,22,23). The Balaban J connectivity index is 1.82. The van der Waals surface area contributed by atoms with Crippen LogP contribution >= 0.6 is 0 Å². The molecule has 0 saturated carbocycles. The third-order valence-electron chi connectivity index (χ3n) is 4.26. The maximum atomic E-state index is 5.61. The van der Waals surface area contributed by atoms with Crippen molar-refractivity contribution in [3.63, 3.8) is 0 Å². The Morgan fingerprint density at radius 2 is 1.85 bits per heavy atom. The number of imidazole rings is 1. The SMILES string of the molecule is Cc1nc2ccccc2n1-c1nc(NCCN)nc(N2CCOCC2)n1. The molecule has 0 aliphatic carbocycles. The molecule has 1 aliphatic rings. The molecule has 0 radical (unpaired) electrons. The van der Waals surface area contributed by atoms with Gasteiger partial charge in [0, 0.05) is 26.2 Å². The minimum Gasteiger partial charge on any atom is -0.378 e. The minimum atomic E-state index is 0.501. The van der Waals surface area contributed by atoms with E-state index in [4.69, 9.17) is 15.5 Å². The van der Waals surface area contributed by atoms with Crippen molar-refractivity contribution in [1.29, 1.82) is 0 Å². The molecular weight excluding hydrogens is 332 g/mol. The van der Waals surface area contributed by atoms with Crippen molar-refractivity contribution in [2.45, 2.75) is 6.92 Å². The van der Waals surface area contributed by atoms with Crippen molar-refractivity contribution in [2.24, 2.45) is 5.73 Å². The quantitative estimate of drug-likeness (QED) is 0.690. The van der Waals surface area contributed by atoms with E-state index in [1.807, 2.05) is 35.8 Å². The molecule has 3 aromatic rings. The molecule has 0 unspecified atom stereocenters. The number of aromatic nitrogens is 5. The van der Waals surface area contributed by atoms with Crippen molar-refractivity contribution in [1.82, 2.24) is 24.5 Å². The number of nitrogens with two attached hydrogens (primary N) is 1. The van der Waals surface area contributed by atoms with Gasteiger partial charge in [-0.1, -0.05) is 12.1 Å². The first kappa shape index (κ1) is 16.7. The largest absolute Gasteiger partial charge is 0.378 e. The van der Waals surface area contributed by atoms with Gasteiger partial charge >= 0.3 is 0 Å². The van der Waals surface area contributed by atoms with Crippen LogP contribution in [0.3, 0.4) is 0 Å².